The number of carbonyl (C=O) groups is 2. The molecule has 0 atom stereocenters. The van der Waals surface area contributed by atoms with Crippen LogP contribution in [-0.2, 0) is 22.4 Å². The van der Waals surface area contributed by atoms with Gasteiger partial charge in [0.2, 0.25) is 0 Å². The maximum Gasteiger partial charge on any atom is 0.338 e. The second-order valence-corrected chi connectivity index (χ2v) is 6.32. The topological polar surface area (TPSA) is 55.4 Å². The molecule has 118 valence electrons. The number of rotatable bonds is 4. The lowest BCUT2D eigenvalue weighted by atomic mass is 9.90. The number of carbonyl (C=O) groups excluding carboxylic acids is 2. The lowest BCUT2D eigenvalue weighted by Crippen LogP contribution is -2.35. The van der Waals surface area contributed by atoms with Crippen molar-refractivity contribution in [3.63, 3.8) is 0 Å². The van der Waals surface area contributed by atoms with E-state index < -0.39 is 5.97 Å². The summed E-state index contributed by atoms with van der Waals surface area (Å²) in [5.41, 5.74) is 3.13. The molecule has 0 saturated heterocycles. The molecule has 0 aliphatic heterocycles. The minimum absolute atomic E-state index is 0.188. The van der Waals surface area contributed by atoms with Gasteiger partial charge >= 0.3 is 5.97 Å². The Morgan fingerprint density at radius 1 is 1.05 bits per heavy atom. The molecule has 1 aromatic rings. The fourth-order valence-corrected chi connectivity index (χ4v) is 3.41. The Labute approximate surface area is 131 Å². The van der Waals surface area contributed by atoms with Crippen LogP contribution in [0.3, 0.4) is 0 Å². The van der Waals surface area contributed by atoms with E-state index in [0.717, 1.165) is 25.7 Å². The summed E-state index contributed by atoms with van der Waals surface area (Å²) >= 11 is 0. The fraction of sp³-hybridized carbons (Fsp3) is 0.556. The summed E-state index contributed by atoms with van der Waals surface area (Å²) in [7, 11) is 0. The standard InChI is InChI=1S/C18H23NO3/c20-17(19-16-7-3-4-8-16)12-22-18(21)15-10-9-13-5-1-2-6-14(13)11-15/h9-11,16H,1-8,12H2,(H,19,20). The Morgan fingerprint density at radius 2 is 1.77 bits per heavy atom. The molecule has 1 saturated carbocycles. The van der Waals surface area contributed by atoms with Gasteiger partial charge in [0.15, 0.2) is 6.61 Å². The average Bonchev–Trinajstić information content (AvgIpc) is 3.05. The van der Waals surface area contributed by atoms with Gasteiger partial charge in [0, 0.05) is 6.04 Å². The normalized spacial score (nSPS) is 17.8. The maximum atomic E-state index is 12.1. The molecule has 0 aromatic heterocycles. The van der Waals surface area contributed by atoms with Gasteiger partial charge in [-0.1, -0.05) is 18.9 Å². The monoisotopic (exact) mass is 301 g/mol. The van der Waals surface area contributed by atoms with Crippen molar-refractivity contribution in [1.82, 2.24) is 5.32 Å². The lowest BCUT2D eigenvalue weighted by molar-refractivity contribution is -0.124. The van der Waals surface area contributed by atoms with E-state index in [-0.39, 0.29) is 18.6 Å². The Balaban J connectivity index is 1.52. The second kappa shape index (κ2) is 6.95. The first-order valence-electron chi connectivity index (χ1n) is 8.30. The molecule has 1 fully saturated rings. The highest BCUT2D eigenvalue weighted by atomic mass is 16.5. The maximum absolute atomic E-state index is 12.1. The van der Waals surface area contributed by atoms with Crippen LogP contribution in [0.1, 0.15) is 60.0 Å². The zero-order valence-corrected chi connectivity index (χ0v) is 12.9. The molecular formula is C18H23NO3. The van der Waals surface area contributed by atoms with Crippen molar-refractivity contribution < 1.29 is 14.3 Å². The van der Waals surface area contributed by atoms with Gasteiger partial charge in [-0.2, -0.15) is 0 Å². The van der Waals surface area contributed by atoms with Crippen LogP contribution in [0.2, 0.25) is 0 Å². The first-order chi connectivity index (χ1) is 10.7. The molecule has 1 N–H and O–H groups in total. The van der Waals surface area contributed by atoms with Gasteiger partial charge in [-0.05, 0) is 61.8 Å². The predicted molar refractivity (Wildman–Crippen MR) is 83.8 cm³/mol. The Bertz CT molecular complexity index is 561. The van der Waals surface area contributed by atoms with Gasteiger partial charge in [0.25, 0.3) is 5.91 Å². The summed E-state index contributed by atoms with van der Waals surface area (Å²) in [6.45, 7) is -0.188. The number of benzene rings is 1. The number of fused-ring (bicyclic) bond motifs is 1. The van der Waals surface area contributed by atoms with Crippen LogP contribution in [0.5, 0.6) is 0 Å². The minimum Gasteiger partial charge on any atom is -0.452 e. The third-order valence-corrected chi connectivity index (χ3v) is 4.64. The smallest absolute Gasteiger partial charge is 0.338 e. The first kappa shape index (κ1) is 15.1. The van der Waals surface area contributed by atoms with Crippen molar-refractivity contribution in [2.75, 3.05) is 6.61 Å². The van der Waals surface area contributed by atoms with Crippen molar-refractivity contribution in [3.05, 3.63) is 34.9 Å². The highest BCUT2D eigenvalue weighted by Gasteiger charge is 2.19. The molecule has 0 bridgehead atoms. The summed E-state index contributed by atoms with van der Waals surface area (Å²) < 4.78 is 5.14. The van der Waals surface area contributed by atoms with Gasteiger partial charge in [-0.3, -0.25) is 4.79 Å². The molecule has 3 rings (SSSR count). The highest BCUT2D eigenvalue weighted by molar-refractivity contribution is 5.91. The molecule has 0 spiro atoms. The van der Waals surface area contributed by atoms with E-state index >= 15 is 0 Å². The van der Waals surface area contributed by atoms with Crippen molar-refractivity contribution >= 4 is 11.9 Å². The average molecular weight is 301 g/mol. The molecule has 0 radical (unpaired) electrons. The van der Waals surface area contributed by atoms with E-state index in [9.17, 15) is 9.59 Å². The SMILES string of the molecule is O=C(COC(=O)c1ccc2c(c1)CCCC2)NC1CCCC1. The van der Waals surface area contributed by atoms with E-state index in [2.05, 4.69) is 5.32 Å². The number of aryl methyl sites for hydroxylation is 2. The van der Waals surface area contributed by atoms with Crippen LogP contribution in [0.15, 0.2) is 18.2 Å². The molecule has 2 aliphatic rings. The van der Waals surface area contributed by atoms with Gasteiger partial charge in [-0.15, -0.1) is 0 Å². The zero-order chi connectivity index (χ0) is 15.4. The first-order valence-corrected chi connectivity index (χ1v) is 8.30. The molecule has 4 nitrogen and oxygen atoms in total. The lowest BCUT2D eigenvalue weighted by Gasteiger charge is -2.16. The van der Waals surface area contributed by atoms with Crippen molar-refractivity contribution in [1.29, 1.82) is 0 Å². The molecular weight excluding hydrogens is 278 g/mol. The number of esters is 1. The van der Waals surface area contributed by atoms with Crippen LogP contribution in [0.25, 0.3) is 0 Å². The summed E-state index contributed by atoms with van der Waals surface area (Å²) in [6.07, 6.45) is 8.91. The van der Waals surface area contributed by atoms with Gasteiger partial charge in [-0.25, -0.2) is 4.79 Å². The van der Waals surface area contributed by atoms with Crippen LogP contribution < -0.4 is 5.32 Å². The zero-order valence-electron chi connectivity index (χ0n) is 12.9. The third-order valence-electron chi connectivity index (χ3n) is 4.64. The van der Waals surface area contributed by atoms with Crippen molar-refractivity contribution in [2.24, 2.45) is 0 Å². The van der Waals surface area contributed by atoms with Gasteiger partial charge in [0.05, 0.1) is 5.56 Å². The van der Waals surface area contributed by atoms with E-state index in [4.69, 9.17) is 4.74 Å². The molecule has 4 heteroatoms. The van der Waals surface area contributed by atoms with Crippen molar-refractivity contribution in [2.45, 2.75) is 57.4 Å². The van der Waals surface area contributed by atoms with E-state index in [1.807, 2.05) is 12.1 Å². The summed E-state index contributed by atoms with van der Waals surface area (Å²) in [5.74, 6) is -0.604. The molecule has 0 unspecified atom stereocenters. The van der Waals surface area contributed by atoms with Gasteiger partial charge in [0.1, 0.15) is 0 Å². The number of nitrogens with one attached hydrogen (secondary N) is 1. The number of hydrogen-bond donors (Lipinski definition) is 1. The molecule has 22 heavy (non-hydrogen) atoms. The third kappa shape index (κ3) is 3.67. The Kier molecular flexibility index (Phi) is 4.76. The quantitative estimate of drug-likeness (QED) is 0.870. The summed E-state index contributed by atoms with van der Waals surface area (Å²) in [6, 6.07) is 6.01. The Morgan fingerprint density at radius 3 is 2.55 bits per heavy atom. The van der Waals surface area contributed by atoms with E-state index in [1.54, 1.807) is 6.07 Å². The van der Waals surface area contributed by atoms with Crippen molar-refractivity contribution in [3.8, 4) is 0 Å². The van der Waals surface area contributed by atoms with Crippen LogP contribution >= 0.6 is 0 Å². The molecule has 2 aliphatic carbocycles. The molecule has 0 heterocycles. The van der Waals surface area contributed by atoms with Crippen LogP contribution in [-0.4, -0.2) is 24.5 Å². The highest BCUT2D eigenvalue weighted by Crippen LogP contribution is 2.22. The fourth-order valence-electron chi connectivity index (χ4n) is 3.41. The van der Waals surface area contributed by atoms with E-state index in [0.29, 0.717) is 5.56 Å². The molecule has 1 amide bonds. The number of amides is 1. The minimum atomic E-state index is -0.407. The van der Waals surface area contributed by atoms with E-state index in [1.165, 1.54) is 36.8 Å². The second-order valence-electron chi connectivity index (χ2n) is 6.32. The number of ether oxygens (including phenoxy) is 1. The Hall–Kier alpha value is -1.84. The number of hydrogen-bond acceptors (Lipinski definition) is 3. The summed E-state index contributed by atoms with van der Waals surface area (Å²) in [5, 5.41) is 2.92. The van der Waals surface area contributed by atoms with Crippen LogP contribution in [0.4, 0.5) is 0 Å². The molecule has 1 aromatic carbocycles. The van der Waals surface area contributed by atoms with Crippen LogP contribution in [0, 0.1) is 0 Å². The predicted octanol–water partition coefficient (Wildman–Crippen LogP) is 2.78. The largest absolute Gasteiger partial charge is 0.452 e. The van der Waals surface area contributed by atoms with Gasteiger partial charge < -0.3 is 10.1 Å². The summed E-state index contributed by atoms with van der Waals surface area (Å²) in [4.78, 5) is 23.8.